The Kier molecular flexibility index (Phi) is 4.34. The molecule has 1 atom stereocenters. The third-order valence-corrected chi connectivity index (χ3v) is 4.71. The van der Waals surface area contributed by atoms with Gasteiger partial charge in [0.2, 0.25) is 0 Å². The number of aryl methyl sites for hydroxylation is 2. The van der Waals surface area contributed by atoms with Gasteiger partial charge in [-0.2, -0.15) is 0 Å². The lowest BCUT2D eigenvalue weighted by Crippen LogP contribution is -2.05. The van der Waals surface area contributed by atoms with Crippen LogP contribution in [0.5, 0.6) is 0 Å². The summed E-state index contributed by atoms with van der Waals surface area (Å²) in [5.74, 6) is 0. The Morgan fingerprint density at radius 2 is 1.74 bits per heavy atom. The van der Waals surface area contributed by atoms with E-state index in [1.54, 1.807) is 0 Å². The van der Waals surface area contributed by atoms with Crippen LogP contribution in [0.4, 0.5) is 0 Å². The van der Waals surface area contributed by atoms with Gasteiger partial charge in [-0.3, -0.25) is 0 Å². The lowest BCUT2D eigenvalue weighted by molar-refractivity contribution is 0.218. The number of hydrogen-bond donors (Lipinski definition) is 1. The summed E-state index contributed by atoms with van der Waals surface area (Å²) in [6.45, 7) is 5.95. The fourth-order valence-corrected chi connectivity index (χ4v) is 2.83. The maximum absolute atomic E-state index is 10.6. The lowest BCUT2D eigenvalue weighted by Gasteiger charge is -2.18. The molecule has 2 aromatic carbocycles. The predicted molar refractivity (Wildman–Crippen MR) is 83.9 cm³/mol. The van der Waals surface area contributed by atoms with E-state index in [-0.39, 0.29) is 0 Å². The van der Waals surface area contributed by atoms with Crippen LogP contribution >= 0.6 is 27.5 Å². The molecule has 0 aliphatic heterocycles. The summed E-state index contributed by atoms with van der Waals surface area (Å²) >= 11 is 9.63. The van der Waals surface area contributed by atoms with Gasteiger partial charge in [-0.1, -0.05) is 45.7 Å². The highest BCUT2D eigenvalue weighted by Crippen LogP contribution is 2.32. The Morgan fingerprint density at radius 3 is 2.42 bits per heavy atom. The quantitative estimate of drug-likeness (QED) is 0.806. The van der Waals surface area contributed by atoms with E-state index in [0.717, 1.165) is 32.3 Å². The highest BCUT2D eigenvalue weighted by atomic mass is 79.9. The van der Waals surface area contributed by atoms with E-state index < -0.39 is 6.10 Å². The molecule has 0 spiro atoms. The molecule has 1 N–H and O–H groups in total. The van der Waals surface area contributed by atoms with Crippen molar-refractivity contribution < 1.29 is 5.11 Å². The van der Waals surface area contributed by atoms with Gasteiger partial charge in [0.1, 0.15) is 6.10 Å². The van der Waals surface area contributed by atoms with Crippen molar-refractivity contribution in [2.45, 2.75) is 26.9 Å². The molecule has 1 nitrogen and oxygen atoms in total. The Hall–Kier alpha value is -0.830. The van der Waals surface area contributed by atoms with Crippen LogP contribution in [0.2, 0.25) is 5.02 Å². The monoisotopic (exact) mass is 338 g/mol. The molecule has 0 amide bonds. The molecule has 0 saturated heterocycles. The summed E-state index contributed by atoms with van der Waals surface area (Å²) in [5.41, 5.74) is 4.88. The van der Waals surface area contributed by atoms with E-state index in [2.05, 4.69) is 15.9 Å². The van der Waals surface area contributed by atoms with Crippen LogP contribution in [-0.4, -0.2) is 5.11 Å². The van der Waals surface area contributed by atoms with Gasteiger partial charge in [0.15, 0.2) is 0 Å². The highest BCUT2D eigenvalue weighted by molar-refractivity contribution is 9.10. The van der Waals surface area contributed by atoms with Crippen LogP contribution in [0.1, 0.15) is 33.9 Å². The summed E-state index contributed by atoms with van der Waals surface area (Å²) in [6, 6.07) is 9.68. The third kappa shape index (κ3) is 2.86. The first-order valence-electron chi connectivity index (χ1n) is 6.11. The fourth-order valence-electron chi connectivity index (χ4n) is 2.19. The number of aliphatic hydroxyl groups excluding tert-OH is 1. The average molecular weight is 340 g/mol. The number of halogens is 2. The largest absolute Gasteiger partial charge is 0.384 e. The smallest absolute Gasteiger partial charge is 0.105 e. The van der Waals surface area contributed by atoms with E-state index >= 15 is 0 Å². The van der Waals surface area contributed by atoms with Crippen molar-refractivity contribution in [3.8, 4) is 0 Å². The second kappa shape index (κ2) is 5.66. The van der Waals surface area contributed by atoms with Crippen molar-refractivity contribution in [2.75, 3.05) is 0 Å². The van der Waals surface area contributed by atoms with Crippen LogP contribution in [-0.2, 0) is 0 Å². The number of aliphatic hydroxyl groups is 1. The zero-order chi connectivity index (χ0) is 14.2. The molecule has 0 fully saturated rings. The molecule has 0 saturated carbocycles. The number of rotatable bonds is 2. The Labute approximate surface area is 127 Å². The molecule has 0 radical (unpaired) electrons. The Morgan fingerprint density at radius 1 is 1.05 bits per heavy atom. The van der Waals surface area contributed by atoms with Crippen molar-refractivity contribution in [2.24, 2.45) is 0 Å². The van der Waals surface area contributed by atoms with Gasteiger partial charge in [-0.15, -0.1) is 0 Å². The first-order chi connectivity index (χ1) is 8.91. The third-order valence-electron chi connectivity index (χ3n) is 3.45. The second-order valence-corrected chi connectivity index (χ2v) is 6.08. The molecule has 19 heavy (non-hydrogen) atoms. The normalized spacial score (nSPS) is 12.5. The van der Waals surface area contributed by atoms with Gasteiger partial charge in [0, 0.05) is 9.50 Å². The molecular weight excluding hydrogens is 324 g/mol. The Balaban J connectivity index is 2.53. The fraction of sp³-hybridized carbons (Fsp3) is 0.250. The van der Waals surface area contributed by atoms with Crippen molar-refractivity contribution in [1.29, 1.82) is 0 Å². The zero-order valence-electron chi connectivity index (χ0n) is 11.2. The van der Waals surface area contributed by atoms with Gasteiger partial charge in [-0.05, 0) is 60.7 Å². The molecule has 2 aromatic rings. The molecule has 100 valence electrons. The highest BCUT2D eigenvalue weighted by Gasteiger charge is 2.17. The molecule has 0 aromatic heterocycles. The topological polar surface area (TPSA) is 20.2 Å². The Bertz CT molecular complexity index is 622. The first kappa shape index (κ1) is 14.6. The minimum atomic E-state index is -0.648. The summed E-state index contributed by atoms with van der Waals surface area (Å²) < 4.78 is 1.06. The molecule has 2 rings (SSSR count). The van der Waals surface area contributed by atoms with Crippen LogP contribution in [0.3, 0.4) is 0 Å². The van der Waals surface area contributed by atoms with Gasteiger partial charge in [0.05, 0.1) is 0 Å². The van der Waals surface area contributed by atoms with Gasteiger partial charge in [0.25, 0.3) is 0 Å². The minimum Gasteiger partial charge on any atom is -0.384 e. The van der Waals surface area contributed by atoms with E-state index in [9.17, 15) is 5.11 Å². The molecule has 0 heterocycles. The molecule has 0 aliphatic rings. The average Bonchev–Trinajstić information content (AvgIpc) is 2.36. The maximum Gasteiger partial charge on any atom is 0.105 e. The van der Waals surface area contributed by atoms with Gasteiger partial charge in [-0.25, -0.2) is 0 Å². The van der Waals surface area contributed by atoms with E-state index in [1.807, 2.05) is 51.1 Å². The maximum atomic E-state index is 10.6. The van der Waals surface area contributed by atoms with Gasteiger partial charge >= 0.3 is 0 Å². The van der Waals surface area contributed by atoms with Crippen LogP contribution in [0.15, 0.2) is 34.8 Å². The van der Waals surface area contributed by atoms with Crippen LogP contribution < -0.4 is 0 Å². The van der Waals surface area contributed by atoms with Crippen LogP contribution in [0, 0.1) is 20.8 Å². The SMILES string of the molecule is Cc1cc(C(O)c2cccc(Cl)c2C)c(C)cc1Br. The lowest BCUT2D eigenvalue weighted by atomic mass is 9.93. The standard InChI is InChI=1S/C16H16BrClO/c1-9-8-14(17)10(2)7-13(9)16(19)12-5-4-6-15(18)11(12)3/h4-8,16,19H,1-3H3. The van der Waals surface area contributed by atoms with E-state index in [0.29, 0.717) is 5.02 Å². The second-order valence-electron chi connectivity index (χ2n) is 4.81. The van der Waals surface area contributed by atoms with Crippen molar-refractivity contribution in [1.82, 2.24) is 0 Å². The van der Waals surface area contributed by atoms with Gasteiger partial charge < -0.3 is 5.11 Å². The summed E-state index contributed by atoms with van der Waals surface area (Å²) in [4.78, 5) is 0. The van der Waals surface area contributed by atoms with Crippen molar-refractivity contribution in [3.63, 3.8) is 0 Å². The number of benzene rings is 2. The van der Waals surface area contributed by atoms with Crippen LogP contribution in [0.25, 0.3) is 0 Å². The summed E-state index contributed by atoms with van der Waals surface area (Å²) in [6.07, 6.45) is -0.648. The molecule has 0 bridgehead atoms. The summed E-state index contributed by atoms with van der Waals surface area (Å²) in [7, 11) is 0. The first-order valence-corrected chi connectivity index (χ1v) is 7.28. The van der Waals surface area contributed by atoms with E-state index in [4.69, 9.17) is 11.6 Å². The van der Waals surface area contributed by atoms with Crippen molar-refractivity contribution in [3.05, 3.63) is 67.6 Å². The molecular formula is C16H16BrClO. The molecule has 0 aliphatic carbocycles. The molecule has 3 heteroatoms. The van der Waals surface area contributed by atoms with E-state index in [1.165, 1.54) is 0 Å². The van der Waals surface area contributed by atoms with Crippen molar-refractivity contribution >= 4 is 27.5 Å². The predicted octanol–water partition coefficient (Wildman–Crippen LogP) is 5.11. The minimum absolute atomic E-state index is 0.648. The summed E-state index contributed by atoms with van der Waals surface area (Å²) in [5, 5.41) is 11.3. The zero-order valence-corrected chi connectivity index (χ0v) is 13.5. The number of hydrogen-bond acceptors (Lipinski definition) is 1. The molecule has 1 unspecified atom stereocenters.